The lowest BCUT2D eigenvalue weighted by molar-refractivity contribution is 0.0949. The van der Waals surface area contributed by atoms with E-state index in [9.17, 15) is 4.79 Å². The molecule has 0 bridgehead atoms. The van der Waals surface area contributed by atoms with Crippen LogP contribution in [0.5, 0.6) is 0 Å². The van der Waals surface area contributed by atoms with E-state index in [1.54, 1.807) is 6.20 Å². The van der Waals surface area contributed by atoms with Gasteiger partial charge in [0.05, 0.1) is 0 Å². The zero-order valence-electron chi connectivity index (χ0n) is 17.5. The third kappa shape index (κ3) is 5.41. The fraction of sp³-hybridized carbons (Fsp3) is 0.292. The Bertz CT molecular complexity index is 970. The number of hydrogen-bond acceptors (Lipinski definition) is 4. The van der Waals surface area contributed by atoms with Crippen molar-refractivity contribution in [3.63, 3.8) is 0 Å². The molecule has 0 aliphatic carbocycles. The van der Waals surface area contributed by atoms with Crippen LogP contribution < -0.4 is 10.2 Å². The zero-order valence-corrected chi connectivity index (χ0v) is 17.5. The van der Waals surface area contributed by atoms with Crippen LogP contribution in [0.15, 0.2) is 60.8 Å². The molecule has 0 saturated carbocycles. The Labute approximate surface area is 172 Å². The minimum atomic E-state index is -0.149. The Balaban J connectivity index is 1.97. The number of benzene rings is 2. The molecule has 0 radical (unpaired) electrons. The lowest BCUT2D eigenvalue weighted by Crippen LogP contribution is -2.30. The van der Waals surface area contributed by atoms with Gasteiger partial charge in [-0.25, -0.2) is 9.97 Å². The molecule has 150 valence electrons. The first-order valence-corrected chi connectivity index (χ1v) is 9.91. The van der Waals surface area contributed by atoms with Gasteiger partial charge in [-0.2, -0.15) is 0 Å². The normalized spacial score (nSPS) is 10.8. The van der Waals surface area contributed by atoms with Crippen LogP contribution in [-0.2, 0) is 6.54 Å². The van der Waals surface area contributed by atoms with E-state index in [1.165, 1.54) is 0 Å². The lowest BCUT2D eigenvalue weighted by atomic mass is 10.1. The van der Waals surface area contributed by atoms with Gasteiger partial charge in [-0.05, 0) is 24.5 Å². The van der Waals surface area contributed by atoms with Crippen molar-refractivity contribution in [2.24, 2.45) is 5.92 Å². The molecule has 0 fully saturated rings. The van der Waals surface area contributed by atoms with Gasteiger partial charge in [0.1, 0.15) is 11.4 Å². The van der Waals surface area contributed by atoms with Crippen LogP contribution in [-0.4, -0.2) is 29.5 Å². The first-order valence-electron chi connectivity index (χ1n) is 9.91. The second-order valence-electron chi connectivity index (χ2n) is 7.75. The standard InChI is InChI=1S/C24H28N4O/c1-17(2)14-26-24(29)21-15-25-22(20-12-8-9-18(3)13-20)27-23(21)28(4)16-19-10-6-5-7-11-19/h5-13,15,17H,14,16H2,1-4H3,(H,26,29). The minimum Gasteiger partial charge on any atom is -0.355 e. The van der Waals surface area contributed by atoms with Gasteiger partial charge < -0.3 is 10.2 Å². The second-order valence-corrected chi connectivity index (χ2v) is 7.75. The molecule has 2 aromatic carbocycles. The van der Waals surface area contributed by atoms with Crippen molar-refractivity contribution in [1.29, 1.82) is 0 Å². The summed E-state index contributed by atoms with van der Waals surface area (Å²) < 4.78 is 0. The molecule has 1 aromatic heterocycles. The summed E-state index contributed by atoms with van der Waals surface area (Å²) in [5, 5.41) is 2.98. The van der Waals surface area contributed by atoms with Gasteiger partial charge in [0.2, 0.25) is 0 Å². The van der Waals surface area contributed by atoms with Gasteiger partial charge in [-0.15, -0.1) is 0 Å². The Morgan fingerprint density at radius 2 is 1.86 bits per heavy atom. The van der Waals surface area contributed by atoms with E-state index in [0.29, 0.717) is 36.2 Å². The zero-order chi connectivity index (χ0) is 20.8. The minimum absolute atomic E-state index is 0.149. The fourth-order valence-electron chi connectivity index (χ4n) is 3.07. The number of nitrogens with zero attached hydrogens (tertiary/aromatic N) is 3. The number of anilines is 1. The number of rotatable bonds is 7. The van der Waals surface area contributed by atoms with E-state index < -0.39 is 0 Å². The van der Waals surface area contributed by atoms with Crippen LogP contribution >= 0.6 is 0 Å². The van der Waals surface area contributed by atoms with Gasteiger partial charge in [0.25, 0.3) is 5.91 Å². The Morgan fingerprint density at radius 1 is 1.10 bits per heavy atom. The van der Waals surface area contributed by atoms with Crippen molar-refractivity contribution in [3.8, 4) is 11.4 Å². The quantitative estimate of drug-likeness (QED) is 0.649. The number of nitrogens with one attached hydrogen (secondary N) is 1. The smallest absolute Gasteiger partial charge is 0.256 e. The predicted molar refractivity (Wildman–Crippen MR) is 118 cm³/mol. The van der Waals surface area contributed by atoms with Crippen LogP contribution in [0.1, 0.15) is 35.3 Å². The molecular formula is C24H28N4O. The Kier molecular flexibility index (Phi) is 6.60. The molecule has 0 spiro atoms. The fourth-order valence-corrected chi connectivity index (χ4v) is 3.07. The SMILES string of the molecule is Cc1cccc(-c2ncc(C(=O)NCC(C)C)c(N(C)Cc3ccccc3)n2)c1. The molecule has 1 amide bonds. The molecule has 1 heterocycles. The van der Waals surface area contributed by atoms with Crippen molar-refractivity contribution in [2.75, 3.05) is 18.5 Å². The van der Waals surface area contributed by atoms with Gasteiger partial charge in [-0.3, -0.25) is 4.79 Å². The summed E-state index contributed by atoms with van der Waals surface area (Å²) in [6.45, 7) is 7.44. The van der Waals surface area contributed by atoms with Crippen LogP contribution in [0.2, 0.25) is 0 Å². The van der Waals surface area contributed by atoms with Crippen molar-refractivity contribution in [1.82, 2.24) is 15.3 Å². The molecule has 5 heteroatoms. The first kappa shape index (κ1) is 20.5. The highest BCUT2D eigenvalue weighted by molar-refractivity contribution is 5.98. The van der Waals surface area contributed by atoms with Crippen molar-refractivity contribution in [2.45, 2.75) is 27.3 Å². The van der Waals surface area contributed by atoms with Crippen LogP contribution in [0.3, 0.4) is 0 Å². The number of amides is 1. The molecule has 1 N–H and O–H groups in total. The van der Waals surface area contributed by atoms with Crippen molar-refractivity contribution in [3.05, 3.63) is 77.5 Å². The summed E-state index contributed by atoms with van der Waals surface area (Å²) in [5.74, 6) is 1.46. The Morgan fingerprint density at radius 3 is 2.55 bits per heavy atom. The van der Waals surface area contributed by atoms with E-state index in [1.807, 2.05) is 55.3 Å². The topological polar surface area (TPSA) is 58.1 Å². The van der Waals surface area contributed by atoms with Crippen LogP contribution in [0.25, 0.3) is 11.4 Å². The number of carbonyl (C=O) groups excluding carboxylic acids is 1. The number of aromatic nitrogens is 2. The summed E-state index contributed by atoms with van der Waals surface area (Å²) in [5.41, 5.74) is 3.72. The molecular weight excluding hydrogens is 360 g/mol. The first-order chi connectivity index (χ1) is 13.9. The number of carbonyl (C=O) groups is 1. The van der Waals surface area contributed by atoms with Gasteiger partial charge in [0, 0.05) is 31.9 Å². The average Bonchev–Trinajstić information content (AvgIpc) is 2.72. The highest BCUT2D eigenvalue weighted by Gasteiger charge is 2.19. The number of hydrogen-bond donors (Lipinski definition) is 1. The lowest BCUT2D eigenvalue weighted by Gasteiger charge is -2.22. The molecule has 0 aliphatic rings. The summed E-state index contributed by atoms with van der Waals surface area (Å²) in [6, 6.07) is 18.2. The summed E-state index contributed by atoms with van der Waals surface area (Å²) >= 11 is 0. The maximum absolute atomic E-state index is 12.8. The molecule has 0 unspecified atom stereocenters. The average molecular weight is 389 g/mol. The van der Waals surface area contributed by atoms with E-state index >= 15 is 0 Å². The second kappa shape index (κ2) is 9.32. The molecule has 0 saturated heterocycles. The van der Waals surface area contributed by atoms with Gasteiger partial charge in [0.15, 0.2) is 5.82 Å². The van der Waals surface area contributed by atoms with Crippen LogP contribution in [0.4, 0.5) is 5.82 Å². The monoisotopic (exact) mass is 388 g/mol. The third-order valence-corrected chi connectivity index (χ3v) is 4.58. The van der Waals surface area contributed by atoms with Crippen molar-refractivity contribution >= 4 is 11.7 Å². The van der Waals surface area contributed by atoms with Gasteiger partial charge >= 0.3 is 0 Å². The van der Waals surface area contributed by atoms with Crippen LogP contribution in [0, 0.1) is 12.8 Å². The highest BCUT2D eigenvalue weighted by atomic mass is 16.1. The predicted octanol–water partition coefficient (Wildman–Crippen LogP) is 4.47. The highest BCUT2D eigenvalue weighted by Crippen LogP contribution is 2.23. The maximum atomic E-state index is 12.8. The number of aryl methyl sites for hydroxylation is 1. The van der Waals surface area contributed by atoms with E-state index in [0.717, 1.165) is 16.7 Å². The van der Waals surface area contributed by atoms with Gasteiger partial charge in [-0.1, -0.05) is 67.9 Å². The maximum Gasteiger partial charge on any atom is 0.256 e. The molecule has 3 rings (SSSR count). The molecule has 0 atom stereocenters. The molecule has 3 aromatic rings. The van der Waals surface area contributed by atoms with E-state index in [4.69, 9.17) is 4.98 Å². The summed E-state index contributed by atoms with van der Waals surface area (Å²) in [6.07, 6.45) is 1.64. The molecule has 0 aliphatic heterocycles. The largest absolute Gasteiger partial charge is 0.355 e. The Hall–Kier alpha value is -3.21. The third-order valence-electron chi connectivity index (χ3n) is 4.58. The molecule has 5 nitrogen and oxygen atoms in total. The molecule has 29 heavy (non-hydrogen) atoms. The van der Waals surface area contributed by atoms with Crippen molar-refractivity contribution < 1.29 is 4.79 Å². The summed E-state index contributed by atoms with van der Waals surface area (Å²) in [4.78, 5) is 24.1. The van der Waals surface area contributed by atoms with E-state index in [-0.39, 0.29) is 5.91 Å². The van der Waals surface area contributed by atoms with E-state index in [2.05, 4.69) is 42.3 Å². The summed E-state index contributed by atoms with van der Waals surface area (Å²) in [7, 11) is 1.95.